The minimum absolute atomic E-state index is 0.912. The van der Waals surface area contributed by atoms with Crippen molar-refractivity contribution in [1.29, 1.82) is 0 Å². The second-order valence-electron chi connectivity index (χ2n) is 12.9. The zero-order valence-corrected chi connectivity index (χ0v) is 27.6. The van der Waals surface area contributed by atoms with Crippen LogP contribution in [0.5, 0.6) is 0 Å². The molecule has 0 N–H and O–H groups in total. The number of rotatable bonds is 5. The molecule has 49 heavy (non-hydrogen) atoms. The highest BCUT2D eigenvalue weighted by molar-refractivity contribution is 7.25. The minimum atomic E-state index is 0.912. The third kappa shape index (κ3) is 4.68. The molecule has 1 aliphatic carbocycles. The van der Waals surface area contributed by atoms with Crippen LogP contribution in [0.2, 0.25) is 0 Å². The second kappa shape index (κ2) is 11.3. The molecule has 2 heteroatoms. The third-order valence-corrected chi connectivity index (χ3v) is 11.2. The van der Waals surface area contributed by atoms with Crippen LogP contribution in [0.3, 0.4) is 0 Å². The Hall–Kier alpha value is -5.96. The summed E-state index contributed by atoms with van der Waals surface area (Å²) in [4.78, 5) is 2.44. The molecule has 9 aromatic rings. The van der Waals surface area contributed by atoms with E-state index in [9.17, 15) is 0 Å². The van der Waals surface area contributed by atoms with Gasteiger partial charge in [-0.3, -0.25) is 0 Å². The summed E-state index contributed by atoms with van der Waals surface area (Å²) in [5.41, 5.74) is 13.9. The monoisotopic (exact) mass is 641 g/mol. The van der Waals surface area contributed by atoms with Crippen LogP contribution in [0.25, 0.3) is 64.3 Å². The van der Waals surface area contributed by atoms with E-state index in [1.807, 2.05) is 11.3 Å². The number of nitrogens with zero attached hydrogens (tertiary/aromatic N) is 1. The van der Waals surface area contributed by atoms with Crippen molar-refractivity contribution in [3.63, 3.8) is 0 Å². The third-order valence-electron chi connectivity index (χ3n) is 10.1. The molecule has 0 aliphatic heterocycles. The molecule has 1 aliphatic rings. The first kappa shape index (κ1) is 28.1. The van der Waals surface area contributed by atoms with Gasteiger partial charge in [0.25, 0.3) is 0 Å². The zero-order valence-electron chi connectivity index (χ0n) is 26.8. The Morgan fingerprint density at radius 3 is 1.90 bits per heavy atom. The fourth-order valence-electron chi connectivity index (χ4n) is 7.76. The van der Waals surface area contributed by atoms with Gasteiger partial charge in [0.2, 0.25) is 0 Å². The smallest absolute Gasteiger partial charge is 0.0543 e. The number of anilines is 3. The van der Waals surface area contributed by atoms with Gasteiger partial charge in [0, 0.05) is 37.1 Å². The van der Waals surface area contributed by atoms with Crippen molar-refractivity contribution in [2.24, 2.45) is 0 Å². The van der Waals surface area contributed by atoms with Gasteiger partial charge in [0.15, 0.2) is 0 Å². The lowest BCUT2D eigenvalue weighted by atomic mass is 9.93. The van der Waals surface area contributed by atoms with Crippen molar-refractivity contribution in [1.82, 2.24) is 0 Å². The van der Waals surface area contributed by atoms with Crippen LogP contribution in [0, 0.1) is 0 Å². The summed E-state index contributed by atoms with van der Waals surface area (Å²) in [7, 11) is 0. The molecule has 1 heterocycles. The first-order chi connectivity index (χ1) is 24.3. The van der Waals surface area contributed by atoms with E-state index < -0.39 is 0 Å². The van der Waals surface area contributed by atoms with Gasteiger partial charge in [-0.2, -0.15) is 0 Å². The highest BCUT2D eigenvalue weighted by atomic mass is 32.1. The summed E-state index contributed by atoms with van der Waals surface area (Å²) in [6.45, 7) is 0. The predicted octanol–water partition coefficient (Wildman–Crippen LogP) is 13.6. The van der Waals surface area contributed by atoms with Crippen LogP contribution in [0.4, 0.5) is 17.1 Å². The fraction of sp³-hybridized carbons (Fsp3) is 0.0213. The van der Waals surface area contributed by atoms with Gasteiger partial charge in [0.05, 0.1) is 5.69 Å². The van der Waals surface area contributed by atoms with Crippen molar-refractivity contribution in [2.75, 3.05) is 4.90 Å². The van der Waals surface area contributed by atoms with Gasteiger partial charge in [0.1, 0.15) is 0 Å². The maximum absolute atomic E-state index is 2.44. The Labute approximate surface area is 290 Å². The van der Waals surface area contributed by atoms with Crippen molar-refractivity contribution in [2.45, 2.75) is 6.42 Å². The highest BCUT2D eigenvalue weighted by Gasteiger charge is 2.28. The van der Waals surface area contributed by atoms with Gasteiger partial charge in [-0.1, -0.05) is 121 Å². The summed E-state index contributed by atoms with van der Waals surface area (Å²) >= 11 is 1.87. The van der Waals surface area contributed by atoms with Crippen LogP contribution >= 0.6 is 11.3 Å². The molecule has 0 saturated carbocycles. The molecule has 0 saturated heterocycles. The summed E-state index contributed by atoms with van der Waals surface area (Å²) in [5.74, 6) is 0. The van der Waals surface area contributed by atoms with Gasteiger partial charge >= 0.3 is 0 Å². The van der Waals surface area contributed by atoms with Crippen LogP contribution in [0.1, 0.15) is 11.1 Å². The number of benzene rings is 8. The van der Waals surface area contributed by atoms with E-state index in [0.717, 1.165) is 17.8 Å². The van der Waals surface area contributed by atoms with E-state index in [4.69, 9.17) is 0 Å². The topological polar surface area (TPSA) is 3.24 Å². The molecule has 0 unspecified atom stereocenters. The first-order valence-electron chi connectivity index (χ1n) is 16.9. The van der Waals surface area contributed by atoms with Gasteiger partial charge < -0.3 is 4.90 Å². The van der Waals surface area contributed by atoms with Crippen LogP contribution < -0.4 is 4.90 Å². The number of para-hydroxylation sites is 1. The quantitative estimate of drug-likeness (QED) is 0.181. The molecule has 10 rings (SSSR count). The van der Waals surface area contributed by atoms with E-state index in [-0.39, 0.29) is 0 Å². The second-order valence-corrected chi connectivity index (χ2v) is 14.0. The van der Waals surface area contributed by atoms with E-state index in [1.165, 1.54) is 81.1 Å². The molecule has 8 aromatic carbocycles. The van der Waals surface area contributed by atoms with Gasteiger partial charge in [-0.25, -0.2) is 0 Å². The Balaban J connectivity index is 1.15. The van der Waals surface area contributed by atoms with Crippen LogP contribution in [-0.2, 0) is 6.42 Å². The fourth-order valence-corrected chi connectivity index (χ4v) is 8.85. The first-order valence-corrected chi connectivity index (χ1v) is 17.7. The lowest BCUT2D eigenvalue weighted by Gasteiger charge is -2.29. The lowest BCUT2D eigenvalue weighted by Crippen LogP contribution is -2.11. The Kier molecular flexibility index (Phi) is 6.50. The van der Waals surface area contributed by atoms with E-state index in [2.05, 4.69) is 181 Å². The average molecular weight is 642 g/mol. The van der Waals surface area contributed by atoms with Crippen molar-refractivity contribution >= 4 is 59.3 Å². The van der Waals surface area contributed by atoms with Crippen LogP contribution in [-0.4, -0.2) is 0 Å². The molecule has 0 atom stereocenters. The number of fused-ring (bicyclic) bond motifs is 7. The lowest BCUT2D eigenvalue weighted by molar-refractivity contribution is 1.25. The summed E-state index contributed by atoms with van der Waals surface area (Å²) in [5, 5.41) is 5.22. The maximum Gasteiger partial charge on any atom is 0.0543 e. The SMILES string of the molecule is c1ccc(-c2ccc(N(c3ccccc3)c3ccc(-c4ccc5sc6ccccc6c5c4)cc3)c3c2Cc2cc4ccccc4cc2-3)cc1. The molecule has 0 spiro atoms. The molecule has 1 nitrogen and oxygen atoms in total. The molecule has 0 fully saturated rings. The summed E-state index contributed by atoms with van der Waals surface area (Å²) < 4.78 is 2.67. The molecule has 1 aromatic heterocycles. The Bertz CT molecular complexity index is 2670. The van der Waals surface area contributed by atoms with Gasteiger partial charge in [-0.05, 0) is 111 Å². The number of hydrogen-bond acceptors (Lipinski definition) is 2. The molecular weight excluding hydrogens is 611 g/mol. The van der Waals surface area contributed by atoms with E-state index in [1.54, 1.807) is 0 Å². The number of hydrogen-bond donors (Lipinski definition) is 0. The molecular formula is C47H31NS. The summed E-state index contributed by atoms with van der Waals surface area (Å²) in [6.07, 6.45) is 0.912. The largest absolute Gasteiger partial charge is 0.310 e. The number of thiophene rings is 1. The highest BCUT2D eigenvalue weighted by Crippen LogP contribution is 2.51. The minimum Gasteiger partial charge on any atom is -0.310 e. The van der Waals surface area contributed by atoms with Crippen molar-refractivity contribution in [3.05, 3.63) is 187 Å². The van der Waals surface area contributed by atoms with Crippen LogP contribution in [0.15, 0.2) is 176 Å². The Morgan fingerprint density at radius 1 is 0.429 bits per heavy atom. The predicted molar refractivity (Wildman–Crippen MR) is 211 cm³/mol. The van der Waals surface area contributed by atoms with Crippen molar-refractivity contribution < 1.29 is 0 Å². The summed E-state index contributed by atoms with van der Waals surface area (Å²) in [6, 6.07) is 64.6. The molecule has 0 radical (unpaired) electrons. The molecule has 230 valence electrons. The average Bonchev–Trinajstić information content (AvgIpc) is 3.73. The molecule has 0 bridgehead atoms. The standard InChI is InChI=1S/C47H31NS/c1-3-11-32(12-4-1)39-24-25-44(47-41-28-34-14-8-7-13-33(34)27-36(41)30-43(39)47)48(37-15-5-2-6-16-37)38-22-19-31(20-23-38)35-21-26-46-42(29-35)40-17-9-10-18-45(40)49-46/h1-29H,30H2. The van der Waals surface area contributed by atoms with Crippen molar-refractivity contribution in [3.8, 4) is 33.4 Å². The van der Waals surface area contributed by atoms with E-state index >= 15 is 0 Å². The van der Waals surface area contributed by atoms with E-state index in [0.29, 0.717) is 0 Å². The maximum atomic E-state index is 2.44. The molecule has 0 amide bonds. The normalized spacial score (nSPS) is 12.0. The zero-order chi connectivity index (χ0) is 32.3. The van der Waals surface area contributed by atoms with Gasteiger partial charge in [-0.15, -0.1) is 11.3 Å². The Morgan fingerprint density at radius 2 is 1.08 bits per heavy atom.